The molecule has 0 fully saturated rings. The minimum Gasteiger partial charge on any atom is -0.368 e. The van der Waals surface area contributed by atoms with Crippen molar-refractivity contribution >= 4 is 18.8 Å². The average molecular weight is 140 g/mol. The lowest BCUT2D eigenvalue weighted by molar-refractivity contribution is -0.114. The molecular weight excluding hydrogens is 129 g/mol. The number of carbonyl (C=O) groups excluding carboxylic acids is 2. The van der Waals surface area contributed by atoms with Crippen LogP contribution in [0.4, 0.5) is 4.79 Å². The molecule has 55 valence electrons. The average Bonchev–Trinajstić information content (AvgIpc) is 1.87. The molecule has 0 atom stereocenters. The SMILES string of the molecule is CNC(=O)[B]C(=O)C(C)C. The minimum absolute atomic E-state index is 0.0997. The Bertz CT molecular complexity index is 145. The number of amides is 1. The highest BCUT2D eigenvalue weighted by molar-refractivity contribution is 6.97. The van der Waals surface area contributed by atoms with Gasteiger partial charge in [-0.25, -0.2) is 0 Å². The fourth-order valence-electron chi connectivity index (χ4n) is 0.368. The highest BCUT2D eigenvalue weighted by Gasteiger charge is 2.13. The number of nitrogens with one attached hydrogen (secondary N) is 1. The molecule has 1 amide bonds. The normalized spacial score (nSPS) is 9.20. The third-order valence-electron chi connectivity index (χ3n) is 1.09. The zero-order valence-corrected chi connectivity index (χ0v) is 6.47. The van der Waals surface area contributed by atoms with E-state index in [4.69, 9.17) is 0 Å². The van der Waals surface area contributed by atoms with Crippen LogP contribution in [0.25, 0.3) is 0 Å². The Morgan fingerprint density at radius 2 is 1.90 bits per heavy atom. The number of carbonyl (C=O) groups is 2. The van der Waals surface area contributed by atoms with Gasteiger partial charge in [-0.15, -0.1) is 0 Å². The Balaban J connectivity index is 3.69. The van der Waals surface area contributed by atoms with Crippen molar-refractivity contribution in [2.45, 2.75) is 13.8 Å². The van der Waals surface area contributed by atoms with Crippen molar-refractivity contribution in [1.82, 2.24) is 5.32 Å². The van der Waals surface area contributed by atoms with E-state index in [0.29, 0.717) is 0 Å². The summed E-state index contributed by atoms with van der Waals surface area (Å²) < 4.78 is 0. The maximum Gasteiger partial charge on any atom is 0.320 e. The molecule has 0 unspecified atom stereocenters. The van der Waals surface area contributed by atoms with Gasteiger partial charge >= 0.3 is 7.28 Å². The van der Waals surface area contributed by atoms with Crippen LogP contribution in [0.3, 0.4) is 0 Å². The Kier molecular flexibility index (Phi) is 3.76. The van der Waals surface area contributed by atoms with E-state index in [-0.39, 0.29) is 17.4 Å². The first-order valence-electron chi connectivity index (χ1n) is 3.18. The summed E-state index contributed by atoms with van der Waals surface area (Å²) in [4.78, 5) is 21.3. The van der Waals surface area contributed by atoms with E-state index >= 15 is 0 Å². The third-order valence-corrected chi connectivity index (χ3v) is 1.09. The number of hydrogen-bond acceptors (Lipinski definition) is 2. The van der Waals surface area contributed by atoms with Crippen LogP contribution >= 0.6 is 0 Å². The second-order valence-corrected chi connectivity index (χ2v) is 2.32. The van der Waals surface area contributed by atoms with Crippen molar-refractivity contribution in [3.05, 3.63) is 0 Å². The fourth-order valence-corrected chi connectivity index (χ4v) is 0.368. The van der Waals surface area contributed by atoms with Gasteiger partial charge in [-0.1, -0.05) is 13.8 Å². The molecule has 0 saturated heterocycles. The van der Waals surface area contributed by atoms with E-state index in [2.05, 4.69) is 5.32 Å². The van der Waals surface area contributed by atoms with Crippen LogP contribution in [0, 0.1) is 5.92 Å². The zero-order chi connectivity index (χ0) is 8.15. The van der Waals surface area contributed by atoms with Gasteiger partial charge in [-0.3, -0.25) is 4.79 Å². The van der Waals surface area contributed by atoms with Gasteiger partial charge in [0.25, 0.3) is 0 Å². The van der Waals surface area contributed by atoms with Crippen LogP contribution < -0.4 is 5.32 Å². The molecule has 0 aliphatic heterocycles. The first-order chi connectivity index (χ1) is 4.57. The molecule has 0 saturated carbocycles. The van der Waals surface area contributed by atoms with E-state index in [0.717, 1.165) is 7.28 Å². The van der Waals surface area contributed by atoms with Crippen molar-refractivity contribution in [1.29, 1.82) is 0 Å². The maximum atomic E-state index is 10.8. The molecule has 0 aromatic rings. The monoisotopic (exact) mass is 140 g/mol. The van der Waals surface area contributed by atoms with Crippen LogP contribution in [-0.4, -0.2) is 25.8 Å². The summed E-state index contributed by atoms with van der Waals surface area (Å²) in [6, 6.07) is 0. The smallest absolute Gasteiger partial charge is 0.320 e. The predicted molar refractivity (Wildman–Crippen MR) is 40.1 cm³/mol. The summed E-state index contributed by atoms with van der Waals surface area (Å²) in [5.41, 5.74) is -0.139. The van der Waals surface area contributed by atoms with E-state index < -0.39 is 0 Å². The summed E-state index contributed by atoms with van der Waals surface area (Å²) in [5.74, 6) is -0.434. The van der Waals surface area contributed by atoms with Crippen molar-refractivity contribution in [3.63, 3.8) is 0 Å². The van der Waals surface area contributed by atoms with Crippen LogP contribution in [0.15, 0.2) is 0 Å². The summed E-state index contributed by atoms with van der Waals surface area (Å²) in [6.45, 7) is 3.50. The van der Waals surface area contributed by atoms with Gasteiger partial charge in [0, 0.05) is 13.0 Å². The molecule has 1 radical (unpaired) electrons. The van der Waals surface area contributed by atoms with Gasteiger partial charge in [0.05, 0.1) is 0 Å². The van der Waals surface area contributed by atoms with E-state index in [1.807, 2.05) is 0 Å². The minimum atomic E-state index is -0.335. The fraction of sp³-hybridized carbons (Fsp3) is 0.667. The van der Waals surface area contributed by atoms with Gasteiger partial charge in [0.2, 0.25) is 0 Å². The molecule has 0 aliphatic rings. The molecule has 0 aromatic heterocycles. The van der Waals surface area contributed by atoms with Crippen LogP contribution in [-0.2, 0) is 4.79 Å². The molecule has 0 aromatic carbocycles. The molecule has 3 nitrogen and oxygen atoms in total. The van der Waals surface area contributed by atoms with E-state index in [1.54, 1.807) is 13.8 Å². The molecule has 0 rings (SSSR count). The van der Waals surface area contributed by atoms with Crippen molar-refractivity contribution in [2.75, 3.05) is 7.05 Å². The lowest BCUT2D eigenvalue weighted by Gasteiger charge is -1.99. The van der Waals surface area contributed by atoms with Crippen molar-refractivity contribution < 1.29 is 9.59 Å². The van der Waals surface area contributed by atoms with E-state index in [9.17, 15) is 9.59 Å². The largest absolute Gasteiger partial charge is 0.368 e. The molecule has 10 heavy (non-hydrogen) atoms. The van der Waals surface area contributed by atoms with Crippen LogP contribution in [0.1, 0.15) is 13.8 Å². The van der Waals surface area contributed by atoms with E-state index in [1.165, 1.54) is 7.05 Å². The zero-order valence-electron chi connectivity index (χ0n) is 6.47. The maximum absolute atomic E-state index is 10.8. The second-order valence-electron chi connectivity index (χ2n) is 2.32. The molecule has 0 bridgehead atoms. The van der Waals surface area contributed by atoms with Gasteiger partial charge in [-0.2, -0.15) is 0 Å². The number of rotatable bonds is 3. The highest BCUT2D eigenvalue weighted by atomic mass is 16.2. The molecule has 0 spiro atoms. The Morgan fingerprint density at radius 1 is 1.40 bits per heavy atom. The van der Waals surface area contributed by atoms with Crippen LogP contribution in [0.5, 0.6) is 0 Å². The van der Waals surface area contributed by atoms with Gasteiger partial charge in [0.1, 0.15) is 5.68 Å². The Labute approximate surface area is 61.4 Å². The van der Waals surface area contributed by atoms with Gasteiger partial charge < -0.3 is 10.1 Å². The third kappa shape index (κ3) is 3.27. The van der Waals surface area contributed by atoms with Crippen molar-refractivity contribution in [2.24, 2.45) is 5.92 Å². The molecule has 4 heteroatoms. The highest BCUT2D eigenvalue weighted by Crippen LogP contribution is 1.91. The molecule has 0 aliphatic carbocycles. The second kappa shape index (κ2) is 4.09. The Hall–Kier alpha value is -0.795. The van der Waals surface area contributed by atoms with Crippen LogP contribution in [0.2, 0.25) is 0 Å². The standard InChI is InChI=1S/C6H11BNO2/c1-4(2)5(9)7-6(10)8-3/h4H,1-3H3,(H,8,10). The first-order valence-corrected chi connectivity index (χ1v) is 3.18. The number of hydrogen-bond donors (Lipinski definition) is 1. The summed E-state index contributed by atoms with van der Waals surface area (Å²) >= 11 is 0. The predicted octanol–water partition coefficient (Wildman–Crippen LogP) is 0.213. The Morgan fingerprint density at radius 3 is 2.20 bits per heavy atom. The van der Waals surface area contributed by atoms with Gasteiger partial charge in [0.15, 0.2) is 5.81 Å². The summed E-state index contributed by atoms with van der Waals surface area (Å²) in [5, 5.41) is 2.34. The summed E-state index contributed by atoms with van der Waals surface area (Å²) in [6.07, 6.45) is 0. The first kappa shape index (κ1) is 9.20. The molecule has 0 heterocycles. The van der Waals surface area contributed by atoms with Crippen molar-refractivity contribution in [3.8, 4) is 0 Å². The lowest BCUT2D eigenvalue weighted by atomic mass is 9.68. The lowest BCUT2D eigenvalue weighted by Crippen LogP contribution is -2.31. The molecular formula is C6H11BNO2. The molecule has 1 N–H and O–H groups in total. The summed E-state index contributed by atoms with van der Waals surface area (Å²) in [7, 11) is 2.57. The quantitative estimate of drug-likeness (QED) is 0.569. The van der Waals surface area contributed by atoms with Gasteiger partial charge in [-0.05, 0) is 0 Å². The topological polar surface area (TPSA) is 46.2 Å².